The van der Waals surface area contributed by atoms with Crippen molar-refractivity contribution in [3.8, 4) is 6.07 Å². The minimum Gasteiger partial charge on any atom is -0.239 e. The maximum absolute atomic E-state index is 9.70. The Hall–Kier alpha value is -1.43. The number of nitrogens with zero attached hydrogens (tertiary/aromatic N) is 3. The van der Waals surface area contributed by atoms with Crippen LogP contribution in [0.4, 0.5) is 0 Å². The van der Waals surface area contributed by atoms with Crippen molar-refractivity contribution in [3.05, 3.63) is 23.8 Å². The van der Waals surface area contributed by atoms with Crippen molar-refractivity contribution in [1.82, 2.24) is 9.97 Å². The van der Waals surface area contributed by atoms with Gasteiger partial charge in [0.15, 0.2) is 0 Å². The van der Waals surface area contributed by atoms with Gasteiger partial charge in [-0.05, 0) is 43.6 Å². The van der Waals surface area contributed by atoms with Crippen LogP contribution in [0, 0.1) is 17.2 Å². The Kier molecular flexibility index (Phi) is 5.73. The molecule has 1 aliphatic rings. The molecule has 1 aromatic heterocycles. The Bertz CT molecular complexity index is 464. The van der Waals surface area contributed by atoms with Crippen molar-refractivity contribution in [3.63, 3.8) is 0 Å². The zero-order valence-corrected chi connectivity index (χ0v) is 13.4. The van der Waals surface area contributed by atoms with Gasteiger partial charge in [-0.25, -0.2) is 9.97 Å². The summed E-state index contributed by atoms with van der Waals surface area (Å²) in [7, 11) is 0. The van der Waals surface area contributed by atoms with Gasteiger partial charge in [0, 0.05) is 12.4 Å². The molecule has 1 fully saturated rings. The van der Waals surface area contributed by atoms with E-state index in [0.717, 1.165) is 50.3 Å². The molecule has 3 heteroatoms. The van der Waals surface area contributed by atoms with Gasteiger partial charge >= 0.3 is 0 Å². The SMILES string of the molecule is CCCCC1CCC(C#N)(c2ncc(CCC)cn2)CC1. The molecular weight excluding hydrogens is 258 g/mol. The average Bonchev–Trinajstić information content (AvgIpc) is 2.54. The minimum absolute atomic E-state index is 0.437. The molecule has 0 aliphatic heterocycles. The van der Waals surface area contributed by atoms with Crippen LogP contribution >= 0.6 is 0 Å². The third kappa shape index (κ3) is 3.81. The van der Waals surface area contributed by atoms with Gasteiger partial charge in [-0.15, -0.1) is 0 Å². The van der Waals surface area contributed by atoms with Crippen molar-refractivity contribution in [1.29, 1.82) is 5.26 Å². The molecule has 0 N–H and O–H groups in total. The van der Waals surface area contributed by atoms with Crippen molar-refractivity contribution < 1.29 is 0 Å². The predicted octanol–water partition coefficient (Wildman–Crippen LogP) is 4.57. The van der Waals surface area contributed by atoms with Gasteiger partial charge in [0.25, 0.3) is 0 Å². The highest BCUT2D eigenvalue weighted by atomic mass is 14.9. The Morgan fingerprint density at radius 2 is 1.86 bits per heavy atom. The van der Waals surface area contributed by atoms with E-state index in [1.807, 2.05) is 12.4 Å². The second-order valence-electron chi connectivity index (χ2n) is 6.44. The summed E-state index contributed by atoms with van der Waals surface area (Å²) in [4.78, 5) is 9.04. The van der Waals surface area contributed by atoms with Gasteiger partial charge < -0.3 is 0 Å². The smallest absolute Gasteiger partial charge is 0.148 e. The van der Waals surface area contributed by atoms with Crippen molar-refractivity contribution >= 4 is 0 Å². The van der Waals surface area contributed by atoms with E-state index in [1.165, 1.54) is 24.8 Å². The lowest BCUT2D eigenvalue weighted by Gasteiger charge is -2.33. The minimum atomic E-state index is -0.437. The Balaban J connectivity index is 2.04. The van der Waals surface area contributed by atoms with Crippen molar-refractivity contribution in [2.75, 3.05) is 0 Å². The van der Waals surface area contributed by atoms with Gasteiger partial charge in [0.05, 0.1) is 6.07 Å². The maximum atomic E-state index is 9.70. The van der Waals surface area contributed by atoms with Crippen LogP contribution in [-0.2, 0) is 11.8 Å². The van der Waals surface area contributed by atoms with Crippen LogP contribution in [0.25, 0.3) is 0 Å². The third-order valence-corrected chi connectivity index (χ3v) is 4.81. The lowest BCUT2D eigenvalue weighted by Crippen LogP contribution is -2.32. The molecule has 2 rings (SSSR count). The van der Waals surface area contributed by atoms with E-state index in [1.54, 1.807) is 0 Å². The van der Waals surface area contributed by atoms with Crippen LogP contribution in [0.15, 0.2) is 12.4 Å². The Labute approximate surface area is 128 Å². The summed E-state index contributed by atoms with van der Waals surface area (Å²) in [6, 6.07) is 2.54. The summed E-state index contributed by atoms with van der Waals surface area (Å²) < 4.78 is 0. The van der Waals surface area contributed by atoms with Crippen LogP contribution in [0.3, 0.4) is 0 Å². The van der Waals surface area contributed by atoms with Crippen LogP contribution in [-0.4, -0.2) is 9.97 Å². The molecule has 0 aromatic carbocycles. The van der Waals surface area contributed by atoms with Crippen LogP contribution in [0.2, 0.25) is 0 Å². The van der Waals surface area contributed by atoms with Gasteiger partial charge in [-0.3, -0.25) is 0 Å². The second kappa shape index (κ2) is 7.54. The monoisotopic (exact) mass is 285 g/mol. The molecule has 1 saturated carbocycles. The number of hydrogen-bond acceptors (Lipinski definition) is 3. The predicted molar refractivity (Wildman–Crippen MR) is 84.8 cm³/mol. The topological polar surface area (TPSA) is 49.6 Å². The van der Waals surface area contributed by atoms with E-state index in [2.05, 4.69) is 29.9 Å². The van der Waals surface area contributed by atoms with Crippen LogP contribution < -0.4 is 0 Å². The maximum Gasteiger partial charge on any atom is 0.148 e. The summed E-state index contributed by atoms with van der Waals surface area (Å²) in [6.07, 6.45) is 14.0. The van der Waals surface area contributed by atoms with E-state index in [-0.39, 0.29) is 0 Å². The van der Waals surface area contributed by atoms with Crippen molar-refractivity contribution in [2.45, 2.75) is 77.0 Å². The fourth-order valence-corrected chi connectivity index (χ4v) is 3.36. The summed E-state index contributed by atoms with van der Waals surface area (Å²) in [5, 5.41) is 9.70. The third-order valence-electron chi connectivity index (χ3n) is 4.81. The van der Waals surface area contributed by atoms with Crippen molar-refractivity contribution in [2.24, 2.45) is 5.92 Å². The molecule has 0 bridgehead atoms. The van der Waals surface area contributed by atoms with E-state index >= 15 is 0 Å². The molecular formula is C18H27N3. The lowest BCUT2D eigenvalue weighted by molar-refractivity contribution is 0.255. The number of aromatic nitrogens is 2. The molecule has 1 aromatic rings. The van der Waals surface area contributed by atoms with E-state index in [0.29, 0.717) is 0 Å². The fourth-order valence-electron chi connectivity index (χ4n) is 3.36. The molecule has 0 amide bonds. The normalized spacial score (nSPS) is 25.5. The first-order valence-electron chi connectivity index (χ1n) is 8.46. The summed E-state index contributed by atoms with van der Waals surface area (Å²) in [5.41, 5.74) is 0.735. The highest BCUT2D eigenvalue weighted by Crippen LogP contribution is 2.41. The van der Waals surface area contributed by atoms with Crippen LogP contribution in [0.1, 0.15) is 76.6 Å². The Morgan fingerprint density at radius 1 is 1.19 bits per heavy atom. The first-order chi connectivity index (χ1) is 10.2. The molecule has 1 heterocycles. The summed E-state index contributed by atoms with van der Waals surface area (Å²) in [5.74, 6) is 1.55. The first-order valence-corrected chi connectivity index (χ1v) is 8.46. The van der Waals surface area contributed by atoms with E-state index in [4.69, 9.17) is 0 Å². The van der Waals surface area contributed by atoms with E-state index < -0.39 is 5.41 Å². The molecule has 21 heavy (non-hydrogen) atoms. The van der Waals surface area contributed by atoms with Gasteiger partial charge in [0.2, 0.25) is 0 Å². The van der Waals surface area contributed by atoms with Gasteiger partial charge in [0.1, 0.15) is 11.2 Å². The highest BCUT2D eigenvalue weighted by molar-refractivity contribution is 5.22. The number of unbranched alkanes of at least 4 members (excludes halogenated alkanes) is 1. The van der Waals surface area contributed by atoms with Gasteiger partial charge in [-0.1, -0.05) is 39.5 Å². The molecule has 0 saturated heterocycles. The van der Waals surface area contributed by atoms with Gasteiger partial charge in [-0.2, -0.15) is 5.26 Å². The summed E-state index contributed by atoms with van der Waals surface area (Å²) in [6.45, 7) is 4.40. The van der Waals surface area contributed by atoms with E-state index in [9.17, 15) is 5.26 Å². The second-order valence-corrected chi connectivity index (χ2v) is 6.44. The molecule has 0 unspecified atom stereocenters. The number of aryl methyl sites for hydroxylation is 1. The number of rotatable bonds is 6. The zero-order chi connectivity index (χ0) is 15.1. The molecule has 0 atom stereocenters. The average molecular weight is 285 g/mol. The summed E-state index contributed by atoms with van der Waals surface area (Å²) >= 11 is 0. The number of nitriles is 1. The Morgan fingerprint density at radius 3 is 2.38 bits per heavy atom. The highest BCUT2D eigenvalue weighted by Gasteiger charge is 2.39. The quantitative estimate of drug-likeness (QED) is 0.769. The molecule has 0 radical (unpaired) electrons. The standard InChI is InChI=1S/C18H27N3/c1-3-5-7-15-8-10-18(14-19,11-9-15)17-20-12-16(6-4-2)13-21-17/h12-13,15H,3-11H2,1-2H3. The number of hydrogen-bond donors (Lipinski definition) is 0. The molecule has 114 valence electrons. The zero-order valence-electron chi connectivity index (χ0n) is 13.4. The van der Waals surface area contributed by atoms with Crippen LogP contribution in [0.5, 0.6) is 0 Å². The largest absolute Gasteiger partial charge is 0.239 e. The fraction of sp³-hybridized carbons (Fsp3) is 0.722. The molecule has 3 nitrogen and oxygen atoms in total. The lowest BCUT2D eigenvalue weighted by atomic mass is 9.69. The first kappa shape index (κ1) is 15.9. The molecule has 0 spiro atoms. The molecule has 1 aliphatic carbocycles.